The average Bonchev–Trinajstić information content (AvgIpc) is 2.65. The molecule has 0 atom stereocenters. The molecule has 0 saturated carbocycles. The molecular weight excluding hydrogens is 180 g/mol. The van der Waals surface area contributed by atoms with Gasteiger partial charge in [-0.05, 0) is 13.0 Å². The first kappa shape index (κ1) is 8.64. The molecule has 0 amide bonds. The number of aryl methyl sites for hydroxylation is 1. The molecule has 3 N–H and O–H groups in total. The van der Waals surface area contributed by atoms with Gasteiger partial charge in [-0.3, -0.25) is 5.43 Å². The van der Waals surface area contributed by atoms with E-state index in [1.165, 1.54) is 0 Å². The van der Waals surface area contributed by atoms with Gasteiger partial charge in [0, 0.05) is 18.5 Å². The summed E-state index contributed by atoms with van der Waals surface area (Å²) in [6, 6.07) is 3.66. The fourth-order valence-corrected chi connectivity index (χ4v) is 1.09. The summed E-state index contributed by atoms with van der Waals surface area (Å²) >= 11 is 0. The molecule has 2 aromatic rings. The number of hydrazine groups is 1. The second kappa shape index (κ2) is 3.43. The first-order valence-corrected chi connectivity index (χ1v) is 4.12. The van der Waals surface area contributed by atoms with Crippen molar-refractivity contribution in [3.63, 3.8) is 0 Å². The van der Waals surface area contributed by atoms with Gasteiger partial charge in [0.05, 0.1) is 5.69 Å². The smallest absolute Gasteiger partial charge is 0.239 e. The number of aromatic nitrogens is 4. The predicted molar refractivity (Wildman–Crippen MR) is 51.7 cm³/mol. The molecule has 0 bridgehead atoms. The Kier molecular flexibility index (Phi) is 2.11. The van der Waals surface area contributed by atoms with E-state index < -0.39 is 0 Å². The van der Waals surface area contributed by atoms with Crippen LogP contribution in [0.1, 0.15) is 5.69 Å². The Balaban J connectivity index is 2.41. The van der Waals surface area contributed by atoms with E-state index in [0.717, 1.165) is 5.69 Å². The van der Waals surface area contributed by atoms with Crippen LogP contribution in [0.15, 0.2) is 24.5 Å². The van der Waals surface area contributed by atoms with Gasteiger partial charge in [-0.25, -0.2) is 15.5 Å². The normalized spacial score (nSPS) is 10.1. The van der Waals surface area contributed by atoms with Gasteiger partial charge in [-0.2, -0.15) is 10.1 Å². The van der Waals surface area contributed by atoms with E-state index in [2.05, 4.69) is 20.5 Å². The highest BCUT2D eigenvalue weighted by Crippen LogP contribution is 2.05. The molecule has 0 aliphatic rings. The van der Waals surface area contributed by atoms with Gasteiger partial charge in [0.25, 0.3) is 0 Å². The van der Waals surface area contributed by atoms with E-state index in [0.29, 0.717) is 11.8 Å². The molecule has 0 aromatic carbocycles. The summed E-state index contributed by atoms with van der Waals surface area (Å²) in [6.45, 7) is 1.92. The lowest BCUT2D eigenvalue weighted by atomic mass is 10.5. The van der Waals surface area contributed by atoms with Crippen LogP contribution in [0, 0.1) is 6.92 Å². The summed E-state index contributed by atoms with van der Waals surface area (Å²) in [4.78, 5) is 8.03. The van der Waals surface area contributed by atoms with Crippen LogP contribution >= 0.6 is 0 Å². The Hall–Kier alpha value is -1.95. The second-order valence-electron chi connectivity index (χ2n) is 2.78. The number of hydrogen-bond acceptors (Lipinski definition) is 5. The van der Waals surface area contributed by atoms with Crippen LogP contribution in [-0.2, 0) is 0 Å². The van der Waals surface area contributed by atoms with Gasteiger partial charge in [-0.1, -0.05) is 0 Å². The maximum Gasteiger partial charge on any atom is 0.239 e. The highest BCUT2D eigenvalue weighted by atomic mass is 15.3. The zero-order valence-corrected chi connectivity index (χ0v) is 7.68. The molecule has 0 radical (unpaired) electrons. The fourth-order valence-electron chi connectivity index (χ4n) is 1.09. The predicted octanol–water partition coefficient (Wildman–Crippen LogP) is 0.256. The lowest BCUT2D eigenvalue weighted by Gasteiger charge is -2.01. The molecular formula is C8H10N6. The lowest BCUT2D eigenvalue weighted by molar-refractivity contribution is 0.826. The van der Waals surface area contributed by atoms with Crippen LogP contribution in [0.4, 0.5) is 5.95 Å². The van der Waals surface area contributed by atoms with Gasteiger partial charge in [0.1, 0.15) is 0 Å². The zero-order valence-electron chi connectivity index (χ0n) is 7.68. The van der Waals surface area contributed by atoms with Crippen molar-refractivity contribution in [1.82, 2.24) is 19.7 Å². The minimum Gasteiger partial charge on any atom is -0.292 e. The summed E-state index contributed by atoms with van der Waals surface area (Å²) in [5, 5.41) is 4.21. The van der Waals surface area contributed by atoms with Gasteiger partial charge >= 0.3 is 0 Å². The summed E-state index contributed by atoms with van der Waals surface area (Å²) < 4.78 is 1.66. The van der Waals surface area contributed by atoms with Crippen molar-refractivity contribution < 1.29 is 0 Å². The van der Waals surface area contributed by atoms with E-state index >= 15 is 0 Å². The van der Waals surface area contributed by atoms with Crippen LogP contribution < -0.4 is 11.3 Å². The highest BCUT2D eigenvalue weighted by molar-refractivity contribution is 5.30. The third-order valence-corrected chi connectivity index (χ3v) is 1.73. The van der Waals surface area contributed by atoms with Crippen LogP contribution in [0.3, 0.4) is 0 Å². The van der Waals surface area contributed by atoms with Crippen LogP contribution in [-0.4, -0.2) is 19.7 Å². The van der Waals surface area contributed by atoms with Crippen LogP contribution in [0.25, 0.3) is 5.82 Å². The van der Waals surface area contributed by atoms with Crippen molar-refractivity contribution in [3.05, 3.63) is 30.2 Å². The number of hydrogen-bond donors (Lipinski definition) is 2. The first-order valence-electron chi connectivity index (χ1n) is 4.12. The minimum absolute atomic E-state index is 0.371. The molecule has 2 aromatic heterocycles. The monoisotopic (exact) mass is 190 g/mol. The van der Waals surface area contributed by atoms with Crippen molar-refractivity contribution in [3.8, 4) is 5.82 Å². The summed E-state index contributed by atoms with van der Waals surface area (Å²) in [7, 11) is 0. The van der Waals surface area contributed by atoms with Crippen LogP contribution in [0.2, 0.25) is 0 Å². The molecule has 2 heterocycles. The number of nitrogen functional groups attached to an aromatic ring is 1. The van der Waals surface area contributed by atoms with Gasteiger partial charge < -0.3 is 0 Å². The van der Waals surface area contributed by atoms with Gasteiger partial charge in [0.2, 0.25) is 5.95 Å². The maximum absolute atomic E-state index is 5.20. The summed E-state index contributed by atoms with van der Waals surface area (Å²) in [6.07, 6.45) is 3.45. The Morgan fingerprint density at radius 3 is 2.93 bits per heavy atom. The number of rotatable bonds is 2. The molecule has 0 saturated heterocycles. The van der Waals surface area contributed by atoms with Gasteiger partial charge in [0.15, 0.2) is 5.82 Å². The molecule has 14 heavy (non-hydrogen) atoms. The minimum atomic E-state index is 0.371. The summed E-state index contributed by atoms with van der Waals surface area (Å²) in [5.41, 5.74) is 3.32. The third-order valence-electron chi connectivity index (χ3n) is 1.73. The lowest BCUT2D eigenvalue weighted by Crippen LogP contribution is -2.11. The number of anilines is 1. The van der Waals surface area contributed by atoms with E-state index in [4.69, 9.17) is 5.84 Å². The molecule has 0 fully saturated rings. The molecule has 2 rings (SSSR count). The van der Waals surface area contributed by atoms with Crippen molar-refractivity contribution in [1.29, 1.82) is 0 Å². The largest absolute Gasteiger partial charge is 0.292 e. The molecule has 6 nitrogen and oxygen atoms in total. The molecule has 0 spiro atoms. The molecule has 0 aliphatic heterocycles. The Morgan fingerprint density at radius 2 is 2.29 bits per heavy atom. The Labute approximate surface area is 80.8 Å². The maximum atomic E-state index is 5.20. The number of nitrogens with one attached hydrogen (secondary N) is 1. The SMILES string of the molecule is Cc1ccn(-c2ccnc(NN)n2)n1. The van der Waals surface area contributed by atoms with E-state index in [1.807, 2.05) is 19.2 Å². The van der Waals surface area contributed by atoms with Crippen molar-refractivity contribution in [2.24, 2.45) is 5.84 Å². The summed E-state index contributed by atoms with van der Waals surface area (Å²) in [5.74, 6) is 6.25. The van der Waals surface area contributed by atoms with Crippen molar-refractivity contribution in [2.45, 2.75) is 6.92 Å². The zero-order chi connectivity index (χ0) is 9.97. The molecule has 72 valence electrons. The Bertz CT molecular complexity index is 435. The second-order valence-corrected chi connectivity index (χ2v) is 2.78. The topological polar surface area (TPSA) is 81.7 Å². The molecule has 0 aliphatic carbocycles. The van der Waals surface area contributed by atoms with E-state index in [1.54, 1.807) is 16.9 Å². The van der Waals surface area contributed by atoms with Gasteiger partial charge in [-0.15, -0.1) is 0 Å². The fraction of sp³-hybridized carbons (Fsp3) is 0.125. The van der Waals surface area contributed by atoms with Crippen molar-refractivity contribution in [2.75, 3.05) is 5.43 Å². The quantitative estimate of drug-likeness (QED) is 0.524. The average molecular weight is 190 g/mol. The van der Waals surface area contributed by atoms with Crippen molar-refractivity contribution >= 4 is 5.95 Å². The highest BCUT2D eigenvalue weighted by Gasteiger charge is 2.00. The van der Waals surface area contributed by atoms with E-state index in [9.17, 15) is 0 Å². The van der Waals surface area contributed by atoms with E-state index in [-0.39, 0.29) is 0 Å². The standard InChI is InChI=1S/C8H10N6/c1-6-3-5-14(13-6)7-2-4-10-8(11-7)12-9/h2-5H,9H2,1H3,(H,10,11,12). The number of nitrogens with two attached hydrogens (primary N) is 1. The Morgan fingerprint density at radius 1 is 1.43 bits per heavy atom. The first-order chi connectivity index (χ1) is 6.79. The number of nitrogens with zero attached hydrogens (tertiary/aromatic N) is 4. The molecule has 6 heteroatoms. The van der Waals surface area contributed by atoms with Crippen LogP contribution in [0.5, 0.6) is 0 Å². The molecule has 0 unspecified atom stereocenters. The third kappa shape index (κ3) is 1.55.